The van der Waals surface area contributed by atoms with Crippen LogP contribution in [0.3, 0.4) is 0 Å². The molecular formula is C9H15ClN2O2. The van der Waals surface area contributed by atoms with E-state index in [1.165, 1.54) is 0 Å². The molecule has 0 radical (unpaired) electrons. The van der Waals surface area contributed by atoms with Gasteiger partial charge in [0.2, 0.25) is 11.8 Å². The summed E-state index contributed by atoms with van der Waals surface area (Å²) in [6.45, 7) is 1.83. The summed E-state index contributed by atoms with van der Waals surface area (Å²) in [5, 5.41) is 2.40. The first-order chi connectivity index (χ1) is 6.12. The summed E-state index contributed by atoms with van der Waals surface area (Å²) in [7, 11) is 2.04. The van der Waals surface area contributed by atoms with Crippen LogP contribution in [0.15, 0.2) is 0 Å². The molecule has 80 valence electrons. The number of piperidine rings is 1. The Kier molecular flexibility index (Phi) is 3.17. The van der Waals surface area contributed by atoms with Crippen molar-refractivity contribution < 1.29 is 9.59 Å². The first-order valence-corrected chi connectivity index (χ1v) is 4.65. The van der Waals surface area contributed by atoms with Crippen LogP contribution in [0.5, 0.6) is 0 Å². The standard InChI is InChI=1S/C9H14N2O2.ClH/c1-11-4-2-9(3-5-11)6-7(12)10-8(9)13;/h2-6H2,1H3,(H,10,12,13);1H. The number of imide groups is 1. The lowest BCUT2D eigenvalue weighted by Crippen LogP contribution is -2.42. The number of nitrogens with one attached hydrogen (secondary N) is 1. The molecule has 0 bridgehead atoms. The molecular weight excluding hydrogens is 204 g/mol. The Bertz CT molecular complexity index is 260. The molecule has 2 heterocycles. The highest BCUT2D eigenvalue weighted by atomic mass is 35.5. The number of hydrogen-bond acceptors (Lipinski definition) is 3. The third-order valence-electron chi connectivity index (χ3n) is 3.18. The van der Waals surface area contributed by atoms with E-state index >= 15 is 0 Å². The molecule has 1 N–H and O–H groups in total. The lowest BCUT2D eigenvalue weighted by atomic mass is 9.77. The first-order valence-electron chi connectivity index (χ1n) is 4.65. The third-order valence-corrected chi connectivity index (χ3v) is 3.18. The van der Waals surface area contributed by atoms with E-state index in [0.29, 0.717) is 6.42 Å². The van der Waals surface area contributed by atoms with Gasteiger partial charge in [-0.05, 0) is 33.0 Å². The van der Waals surface area contributed by atoms with Crippen molar-refractivity contribution in [3.8, 4) is 0 Å². The van der Waals surface area contributed by atoms with Crippen LogP contribution < -0.4 is 5.32 Å². The molecule has 2 aliphatic heterocycles. The molecule has 4 nitrogen and oxygen atoms in total. The summed E-state index contributed by atoms with van der Waals surface area (Å²) in [5.41, 5.74) is -0.358. The third kappa shape index (κ3) is 1.77. The molecule has 2 amide bonds. The summed E-state index contributed by atoms with van der Waals surface area (Å²) < 4.78 is 0. The minimum Gasteiger partial charge on any atom is -0.306 e. The van der Waals surface area contributed by atoms with Gasteiger partial charge in [-0.3, -0.25) is 14.9 Å². The van der Waals surface area contributed by atoms with Crippen LogP contribution in [0.4, 0.5) is 0 Å². The topological polar surface area (TPSA) is 49.4 Å². The van der Waals surface area contributed by atoms with Gasteiger partial charge in [-0.1, -0.05) is 0 Å². The van der Waals surface area contributed by atoms with Gasteiger partial charge < -0.3 is 4.90 Å². The lowest BCUT2D eigenvalue weighted by molar-refractivity contribution is -0.130. The second kappa shape index (κ2) is 3.87. The maximum atomic E-state index is 11.5. The van der Waals surface area contributed by atoms with Crippen LogP contribution in [0.1, 0.15) is 19.3 Å². The van der Waals surface area contributed by atoms with Crippen molar-refractivity contribution in [3.63, 3.8) is 0 Å². The van der Waals surface area contributed by atoms with Crippen molar-refractivity contribution in [1.82, 2.24) is 10.2 Å². The van der Waals surface area contributed by atoms with E-state index in [1.54, 1.807) is 0 Å². The fourth-order valence-electron chi connectivity index (χ4n) is 2.14. The molecule has 2 saturated heterocycles. The largest absolute Gasteiger partial charge is 0.306 e. The molecule has 0 atom stereocenters. The van der Waals surface area contributed by atoms with Gasteiger partial charge in [-0.15, -0.1) is 12.4 Å². The van der Waals surface area contributed by atoms with Crippen LogP contribution in [0, 0.1) is 5.41 Å². The van der Waals surface area contributed by atoms with Gasteiger partial charge in [-0.25, -0.2) is 0 Å². The van der Waals surface area contributed by atoms with Crippen LogP contribution in [-0.2, 0) is 9.59 Å². The Balaban J connectivity index is 0.000000980. The number of hydrogen-bond donors (Lipinski definition) is 1. The van der Waals surface area contributed by atoms with Crippen molar-refractivity contribution in [2.24, 2.45) is 5.41 Å². The SMILES string of the molecule is CN1CCC2(CC1)CC(=O)NC2=O.Cl. The average molecular weight is 219 g/mol. The van der Waals surface area contributed by atoms with E-state index in [1.807, 2.05) is 7.05 Å². The Hall–Kier alpha value is -0.610. The Morgan fingerprint density at radius 3 is 2.29 bits per heavy atom. The zero-order valence-corrected chi connectivity index (χ0v) is 9.02. The molecule has 2 aliphatic rings. The average Bonchev–Trinajstić information content (AvgIpc) is 2.34. The molecule has 0 aromatic carbocycles. The van der Waals surface area contributed by atoms with Crippen LogP contribution in [0.2, 0.25) is 0 Å². The van der Waals surface area contributed by atoms with Crippen LogP contribution in [-0.4, -0.2) is 36.9 Å². The molecule has 14 heavy (non-hydrogen) atoms. The summed E-state index contributed by atoms with van der Waals surface area (Å²) in [4.78, 5) is 24.8. The summed E-state index contributed by atoms with van der Waals surface area (Å²) in [5.74, 6) is -0.153. The Morgan fingerprint density at radius 2 is 1.86 bits per heavy atom. The maximum Gasteiger partial charge on any atom is 0.233 e. The highest BCUT2D eigenvalue weighted by Gasteiger charge is 2.47. The van der Waals surface area contributed by atoms with Crippen molar-refractivity contribution >= 4 is 24.2 Å². The molecule has 2 rings (SSSR count). The molecule has 1 spiro atoms. The maximum absolute atomic E-state index is 11.5. The van der Waals surface area contributed by atoms with E-state index in [2.05, 4.69) is 10.2 Å². The Morgan fingerprint density at radius 1 is 1.29 bits per heavy atom. The van der Waals surface area contributed by atoms with Crippen LogP contribution in [0.25, 0.3) is 0 Å². The number of nitrogens with zero attached hydrogens (tertiary/aromatic N) is 1. The van der Waals surface area contributed by atoms with Gasteiger partial charge in [0.15, 0.2) is 0 Å². The van der Waals surface area contributed by atoms with Crippen LogP contribution >= 0.6 is 12.4 Å². The van der Waals surface area contributed by atoms with Crippen molar-refractivity contribution in [2.75, 3.05) is 20.1 Å². The number of amides is 2. The normalized spacial score (nSPS) is 26.1. The predicted molar refractivity (Wildman–Crippen MR) is 54.2 cm³/mol. The number of likely N-dealkylation sites (tertiary alicyclic amines) is 1. The highest BCUT2D eigenvalue weighted by Crippen LogP contribution is 2.37. The van der Waals surface area contributed by atoms with Crippen molar-refractivity contribution in [2.45, 2.75) is 19.3 Å². The van der Waals surface area contributed by atoms with Gasteiger partial charge >= 0.3 is 0 Å². The van der Waals surface area contributed by atoms with Crippen molar-refractivity contribution in [1.29, 1.82) is 0 Å². The van der Waals surface area contributed by atoms with Gasteiger partial charge in [0.05, 0.1) is 5.41 Å². The summed E-state index contributed by atoms with van der Waals surface area (Å²) in [6, 6.07) is 0. The first kappa shape index (κ1) is 11.5. The van der Waals surface area contributed by atoms with E-state index in [9.17, 15) is 9.59 Å². The van der Waals surface area contributed by atoms with E-state index < -0.39 is 0 Å². The zero-order chi connectivity index (χ0) is 9.47. The quantitative estimate of drug-likeness (QED) is 0.590. The minimum absolute atomic E-state index is 0. The number of rotatable bonds is 0. The highest BCUT2D eigenvalue weighted by molar-refractivity contribution is 6.05. The fourth-order valence-corrected chi connectivity index (χ4v) is 2.14. The van der Waals surface area contributed by atoms with E-state index in [-0.39, 0.29) is 29.6 Å². The molecule has 0 saturated carbocycles. The molecule has 0 aliphatic carbocycles. The number of carbonyl (C=O) groups excluding carboxylic acids is 2. The summed E-state index contributed by atoms with van der Waals surface area (Å²) >= 11 is 0. The van der Waals surface area contributed by atoms with Gasteiger partial charge in [0.25, 0.3) is 0 Å². The monoisotopic (exact) mass is 218 g/mol. The second-order valence-electron chi connectivity index (χ2n) is 4.14. The Labute approximate surface area is 89.4 Å². The van der Waals surface area contributed by atoms with Gasteiger partial charge in [0.1, 0.15) is 0 Å². The minimum atomic E-state index is -0.358. The smallest absolute Gasteiger partial charge is 0.233 e. The molecule has 0 aromatic heterocycles. The predicted octanol–water partition coefficient (Wildman–Crippen LogP) is 0.167. The second-order valence-corrected chi connectivity index (χ2v) is 4.14. The van der Waals surface area contributed by atoms with Gasteiger partial charge in [0, 0.05) is 6.42 Å². The molecule has 5 heteroatoms. The van der Waals surface area contributed by atoms with Gasteiger partial charge in [-0.2, -0.15) is 0 Å². The zero-order valence-electron chi connectivity index (χ0n) is 8.21. The molecule has 0 aromatic rings. The number of halogens is 1. The lowest BCUT2D eigenvalue weighted by Gasteiger charge is -2.34. The van der Waals surface area contributed by atoms with Crippen molar-refractivity contribution in [3.05, 3.63) is 0 Å². The van der Waals surface area contributed by atoms with E-state index in [4.69, 9.17) is 0 Å². The summed E-state index contributed by atoms with van der Waals surface area (Å²) in [6.07, 6.45) is 2.04. The molecule has 2 fully saturated rings. The number of carbonyl (C=O) groups is 2. The molecule has 0 unspecified atom stereocenters. The van der Waals surface area contributed by atoms with E-state index in [0.717, 1.165) is 25.9 Å². The fraction of sp³-hybridized carbons (Fsp3) is 0.778.